The van der Waals surface area contributed by atoms with Crippen molar-refractivity contribution in [2.24, 2.45) is 0 Å². The van der Waals surface area contributed by atoms with Crippen LogP contribution < -0.4 is 10.0 Å². The van der Waals surface area contributed by atoms with Crippen molar-refractivity contribution in [3.8, 4) is 0 Å². The average Bonchev–Trinajstić information content (AvgIpc) is 2.41. The van der Waals surface area contributed by atoms with Crippen molar-refractivity contribution in [2.75, 3.05) is 20.7 Å². The number of nitrogens with one attached hydrogen (secondary N) is 2. The van der Waals surface area contributed by atoms with Gasteiger partial charge in [-0.3, -0.25) is 0 Å². The molecule has 0 saturated heterocycles. The molecule has 1 aromatic rings. The maximum atomic E-state index is 14.3. The lowest BCUT2D eigenvalue weighted by molar-refractivity contribution is 0.0276. The van der Waals surface area contributed by atoms with Crippen LogP contribution in [0.1, 0.15) is 19.4 Å². The zero-order chi connectivity index (χ0) is 16.3. The van der Waals surface area contributed by atoms with Crippen molar-refractivity contribution in [3.05, 3.63) is 28.0 Å². The number of methoxy groups -OCH3 is 1. The van der Waals surface area contributed by atoms with E-state index >= 15 is 0 Å². The molecule has 0 aromatic heterocycles. The smallest absolute Gasteiger partial charge is 0.243 e. The van der Waals surface area contributed by atoms with E-state index in [1.807, 2.05) is 0 Å². The van der Waals surface area contributed by atoms with Crippen LogP contribution in [0.25, 0.3) is 0 Å². The zero-order valence-electron chi connectivity index (χ0n) is 12.5. The second kappa shape index (κ2) is 7.15. The molecule has 0 atom stereocenters. The van der Waals surface area contributed by atoms with E-state index < -0.39 is 21.4 Å². The van der Waals surface area contributed by atoms with Gasteiger partial charge in [-0.1, -0.05) is 15.9 Å². The molecule has 0 fully saturated rings. The molecule has 0 aliphatic rings. The number of sulfonamides is 1. The monoisotopic (exact) mass is 382 g/mol. The summed E-state index contributed by atoms with van der Waals surface area (Å²) in [5.41, 5.74) is -0.401. The van der Waals surface area contributed by atoms with Crippen LogP contribution in [0.15, 0.2) is 21.5 Å². The molecule has 0 saturated carbocycles. The summed E-state index contributed by atoms with van der Waals surface area (Å²) in [5.74, 6) is -0.754. The Morgan fingerprint density at radius 3 is 2.52 bits per heavy atom. The van der Waals surface area contributed by atoms with Crippen LogP contribution in [-0.4, -0.2) is 34.7 Å². The summed E-state index contributed by atoms with van der Waals surface area (Å²) >= 11 is 3.20. The number of benzene rings is 1. The van der Waals surface area contributed by atoms with Gasteiger partial charge < -0.3 is 10.1 Å². The number of halogens is 2. The molecule has 0 heterocycles. The van der Waals surface area contributed by atoms with E-state index in [4.69, 9.17) is 4.74 Å². The lowest BCUT2D eigenvalue weighted by atomic mass is 10.1. The van der Waals surface area contributed by atoms with Gasteiger partial charge in [0, 0.05) is 30.2 Å². The quantitative estimate of drug-likeness (QED) is 0.756. The fourth-order valence-corrected chi connectivity index (χ4v) is 3.55. The molecule has 0 bridgehead atoms. The first-order valence-corrected chi connectivity index (χ1v) is 8.58. The van der Waals surface area contributed by atoms with Gasteiger partial charge >= 0.3 is 0 Å². The summed E-state index contributed by atoms with van der Waals surface area (Å²) in [6, 6.07) is 2.79. The van der Waals surface area contributed by atoms with Gasteiger partial charge in [-0.05, 0) is 33.0 Å². The van der Waals surface area contributed by atoms with Gasteiger partial charge in [-0.15, -0.1) is 0 Å². The molecule has 21 heavy (non-hydrogen) atoms. The minimum absolute atomic E-state index is 0.0408. The average molecular weight is 383 g/mol. The Hall–Kier alpha value is -0.540. The minimum Gasteiger partial charge on any atom is -0.377 e. The molecule has 0 unspecified atom stereocenters. The highest BCUT2D eigenvalue weighted by molar-refractivity contribution is 9.10. The van der Waals surface area contributed by atoms with Crippen LogP contribution in [0.5, 0.6) is 0 Å². The van der Waals surface area contributed by atoms with E-state index in [9.17, 15) is 12.8 Å². The lowest BCUT2D eigenvalue weighted by Crippen LogP contribution is -2.40. The number of ether oxygens (including phenoxy) is 1. The highest BCUT2D eigenvalue weighted by Gasteiger charge is 2.25. The summed E-state index contributed by atoms with van der Waals surface area (Å²) < 4.78 is 46.9. The largest absolute Gasteiger partial charge is 0.377 e. The predicted molar refractivity (Wildman–Crippen MR) is 83.1 cm³/mol. The predicted octanol–water partition coefficient (Wildman–Crippen LogP) is 2.01. The third kappa shape index (κ3) is 5.00. The van der Waals surface area contributed by atoms with Gasteiger partial charge in [0.2, 0.25) is 10.0 Å². The summed E-state index contributed by atoms with van der Waals surface area (Å²) in [5, 5.41) is 2.80. The summed E-state index contributed by atoms with van der Waals surface area (Å²) in [6.07, 6.45) is 0. The maximum absolute atomic E-state index is 14.3. The highest BCUT2D eigenvalue weighted by atomic mass is 79.9. The second-order valence-corrected chi connectivity index (χ2v) is 7.85. The third-order valence-corrected chi connectivity index (χ3v) is 4.83. The van der Waals surface area contributed by atoms with Gasteiger partial charge in [0.05, 0.1) is 5.60 Å². The molecule has 0 aliphatic heterocycles. The van der Waals surface area contributed by atoms with E-state index in [0.29, 0.717) is 4.47 Å². The maximum Gasteiger partial charge on any atom is 0.243 e. The van der Waals surface area contributed by atoms with Crippen LogP contribution in [0.4, 0.5) is 4.39 Å². The molecule has 0 radical (unpaired) electrons. The van der Waals surface area contributed by atoms with Crippen LogP contribution in [0.3, 0.4) is 0 Å². The molecule has 5 nitrogen and oxygen atoms in total. The van der Waals surface area contributed by atoms with Crippen LogP contribution in [0, 0.1) is 5.82 Å². The molecule has 2 N–H and O–H groups in total. The Bertz CT molecular complexity index is 606. The van der Waals surface area contributed by atoms with Crippen molar-refractivity contribution < 1.29 is 17.5 Å². The first-order valence-electron chi connectivity index (χ1n) is 6.30. The normalized spacial score (nSPS) is 12.7. The molecule has 0 amide bonds. The Morgan fingerprint density at radius 1 is 1.38 bits per heavy atom. The third-order valence-electron chi connectivity index (χ3n) is 2.98. The Labute approximate surface area is 133 Å². The minimum atomic E-state index is -3.96. The van der Waals surface area contributed by atoms with E-state index in [1.54, 1.807) is 27.0 Å². The lowest BCUT2D eigenvalue weighted by Gasteiger charge is -2.23. The van der Waals surface area contributed by atoms with E-state index in [-0.39, 0.29) is 23.5 Å². The zero-order valence-corrected chi connectivity index (χ0v) is 14.9. The van der Waals surface area contributed by atoms with Gasteiger partial charge in [0.15, 0.2) is 0 Å². The molecular formula is C13H20BrFN2O3S. The molecule has 1 rings (SSSR count). The van der Waals surface area contributed by atoms with Crippen molar-refractivity contribution in [1.82, 2.24) is 10.0 Å². The van der Waals surface area contributed by atoms with E-state index in [0.717, 1.165) is 0 Å². The molecule has 120 valence electrons. The van der Waals surface area contributed by atoms with Gasteiger partial charge in [0.25, 0.3) is 0 Å². The Kier molecular flexibility index (Phi) is 6.30. The number of rotatable bonds is 7. The number of hydrogen-bond donors (Lipinski definition) is 2. The van der Waals surface area contributed by atoms with Crippen molar-refractivity contribution >= 4 is 26.0 Å². The molecule has 8 heteroatoms. The van der Waals surface area contributed by atoms with Crippen molar-refractivity contribution in [3.63, 3.8) is 0 Å². The SMILES string of the molecule is CNCc1cc(Br)cc(S(=O)(=O)NCC(C)(C)OC)c1F. The summed E-state index contributed by atoms with van der Waals surface area (Å²) in [4.78, 5) is -0.381. The van der Waals surface area contributed by atoms with Crippen molar-refractivity contribution in [2.45, 2.75) is 30.9 Å². The fraction of sp³-hybridized carbons (Fsp3) is 0.538. The second-order valence-electron chi connectivity index (χ2n) is 5.20. The van der Waals surface area contributed by atoms with Crippen LogP contribution >= 0.6 is 15.9 Å². The summed E-state index contributed by atoms with van der Waals surface area (Å²) in [6.45, 7) is 3.74. The Balaban J connectivity index is 3.14. The van der Waals surface area contributed by atoms with E-state index in [2.05, 4.69) is 26.0 Å². The van der Waals surface area contributed by atoms with Gasteiger partial charge in [-0.2, -0.15) is 0 Å². The number of hydrogen-bond acceptors (Lipinski definition) is 4. The molecule has 0 spiro atoms. The fourth-order valence-electron chi connectivity index (χ4n) is 1.55. The molecular weight excluding hydrogens is 363 g/mol. The molecule has 0 aliphatic carbocycles. The molecule has 1 aromatic carbocycles. The first-order chi connectivity index (χ1) is 9.63. The standard InChI is InChI=1S/C13H20BrFN2O3S/c1-13(2,20-4)8-17-21(18,19)11-6-10(14)5-9(7-16-3)12(11)15/h5-6,16-17H,7-8H2,1-4H3. The highest BCUT2D eigenvalue weighted by Crippen LogP contribution is 2.24. The topological polar surface area (TPSA) is 67.4 Å². The Morgan fingerprint density at radius 2 is 2.00 bits per heavy atom. The summed E-state index contributed by atoms with van der Waals surface area (Å²) in [7, 11) is -0.815. The van der Waals surface area contributed by atoms with Crippen LogP contribution in [-0.2, 0) is 21.3 Å². The van der Waals surface area contributed by atoms with Gasteiger partial charge in [0.1, 0.15) is 10.7 Å². The first kappa shape index (κ1) is 18.5. The van der Waals surface area contributed by atoms with Crippen LogP contribution in [0.2, 0.25) is 0 Å². The van der Waals surface area contributed by atoms with Crippen molar-refractivity contribution in [1.29, 1.82) is 0 Å². The van der Waals surface area contributed by atoms with Gasteiger partial charge in [-0.25, -0.2) is 17.5 Å². The van der Waals surface area contributed by atoms with E-state index in [1.165, 1.54) is 13.2 Å².